The van der Waals surface area contributed by atoms with Gasteiger partial charge in [-0.05, 0) is 18.9 Å². The van der Waals surface area contributed by atoms with Crippen LogP contribution < -0.4 is 11.1 Å². The number of amides is 1. The summed E-state index contributed by atoms with van der Waals surface area (Å²) in [6, 6.07) is 0. The Hall–Kier alpha value is -0.770. The minimum Gasteiger partial charge on any atom is -0.450 e. The molecule has 0 aromatic heterocycles. The lowest BCUT2D eigenvalue weighted by atomic mass is 10.1. The van der Waals surface area contributed by atoms with Gasteiger partial charge < -0.3 is 15.8 Å². The van der Waals surface area contributed by atoms with Crippen molar-refractivity contribution >= 4 is 6.09 Å². The lowest BCUT2D eigenvalue weighted by molar-refractivity contribution is 0.143. The SMILES string of the molecule is CCCCOC(=O)NCC(CC)CN. The summed E-state index contributed by atoms with van der Waals surface area (Å²) in [6.45, 7) is 5.83. The fourth-order valence-electron chi connectivity index (χ4n) is 0.982. The van der Waals surface area contributed by atoms with E-state index in [0.29, 0.717) is 25.6 Å². The van der Waals surface area contributed by atoms with Crippen LogP contribution in [0.3, 0.4) is 0 Å². The second-order valence-corrected chi connectivity index (χ2v) is 3.38. The highest BCUT2D eigenvalue weighted by atomic mass is 16.5. The Morgan fingerprint density at radius 2 is 2.21 bits per heavy atom. The van der Waals surface area contributed by atoms with Crippen LogP contribution >= 0.6 is 0 Å². The molecule has 0 radical (unpaired) electrons. The summed E-state index contributed by atoms with van der Waals surface area (Å²) >= 11 is 0. The van der Waals surface area contributed by atoms with Gasteiger partial charge in [0.2, 0.25) is 0 Å². The zero-order valence-electron chi connectivity index (χ0n) is 9.21. The van der Waals surface area contributed by atoms with Crippen LogP contribution in [0.15, 0.2) is 0 Å². The van der Waals surface area contributed by atoms with E-state index in [4.69, 9.17) is 10.5 Å². The van der Waals surface area contributed by atoms with Crippen molar-refractivity contribution in [2.24, 2.45) is 11.7 Å². The van der Waals surface area contributed by atoms with Gasteiger partial charge in [-0.3, -0.25) is 0 Å². The second kappa shape index (κ2) is 8.81. The van der Waals surface area contributed by atoms with E-state index in [1.54, 1.807) is 0 Å². The minimum atomic E-state index is -0.328. The van der Waals surface area contributed by atoms with E-state index in [1.165, 1.54) is 0 Å². The molecule has 0 aliphatic carbocycles. The number of ether oxygens (including phenoxy) is 1. The Labute approximate surface area is 86.2 Å². The summed E-state index contributed by atoms with van der Waals surface area (Å²) in [6.07, 6.45) is 2.60. The molecular formula is C10H22N2O2. The van der Waals surface area contributed by atoms with E-state index in [-0.39, 0.29) is 6.09 Å². The molecule has 0 aromatic carbocycles. The van der Waals surface area contributed by atoms with Crippen molar-refractivity contribution in [3.63, 3.8) is 0 Å². The number of hydrogen-bond donors (Lipinski definition) is 2. The van der Waals surface area contributed by atoms with Crippen LogP contribution in [-0.4, -0.2) is 25.8 Å². The second-order valence-electron chi connectivity index (χ2n) is 3.38. The van der Waals surface area contributed by atoms with Gasteiger partial charge in [0.15, 0.2) is 0 Å². The van der Waals surface area contributed by atoms with E-state index in [0.717, 1.165) is 19.3 Å². The van der Waals surface area contributed by atoms with Crippen molar-refractivity contribution in [2.45, 2.75) is 33.1 Å². The molecule has 0 aromatic rings. The molecule has 1 unspecified atom stereocenters. The molecule has 4 nitrogen and oxygen atoms in total. The quantitative estimate of drug-likeness (QED) is 0.615. The largest absolute Gasteiger partial charge is 0.450 e. The molecule has 1 amide bonds. The standard InChI is InChI=1S/C10H22N2O2/c1-3-5-6-14-10(13)12-8-9(4-2)7-11/h9H,3-8,11H2,1-2H3,(H,12,13). The van der Waals surface area contributed by atoms with Crippen molar-refractivity contribution in [2.75, 3.05) is 19.7 Å². The summed E-state index contributed by atoms with van der Waals surface area (Å²) < 4.78 is 4.93. The number of nitrogens with two attached hydrogens (primary N) is 1. The first-order chi connectivity index (χ1) is 6.74. The van der Waals surface area contributed by atoms with Crippen molar-refractivity contribution < 1.29 is 9.53 Å². The van der Waals surface area contributed by atoms with E-state index in [2.05, 4.69) is 19.2 Å². The normalized spacial score (nSPS) is 12.2. The third-order valence-corrected chi connectivity index (χ3v) is 2.18. The van der Waals surface area contributed by atoms with E-state index in [1.807, 2.05) is 0 Å². The number of alkyl carbamates (subject to hydrolysis) is 1. The molecule has 0 spiro atoms. The zero-order valence-corrected chi connectivity index (χ0v) is 9.21. The highest BCUT2D eigenvalue weighted by Gasteiger charge is 2.06. The van der Waals surface area contributed by atoms with E-state index in [9.17, 15) is 4.79 Å². The maximum Gasteiger partial charge on any atom is 0.407 e. The fraction of sp³-hybridized carbons (Fsp3) is 0.900. The molecular weight excluding hydrogens is 180 g/mol. The first-order valence-electron chi connectivity index (χ1n) is 5.35. The first kappa shape index (κ1) is 13.2. The van der Waals surface area contributed by atoms with Crippen LogP contribution in [0.2, 0.25) is 0 Å². The number of carbonyl (C=O) groups excluding carboxylic acids is 1. The highest BCUT2D eigenvalue weighted by molar-refractivity contribution is 5.67. The first-order valence-corrected chi connectivity index (χ1v) is 5.35. The van der Waals surface area contributed by atoms with Gasteiger partial charge in [0, 0.05) is 6.54 Å². The molecule has 0 bridgehead atoms. The van der Waals surface area contributed by atoms with Crippen molar-refractivity contribution in [3.8, 4) is 0 Å². The minimum absolute atomic E-state index is 0.328. The topological polar surface area (TPSA) is 64.3 Å². The van der Waals surface area contributed by atoms with Crippen LogP contribution in [-0.2, 0) is 4.74 Å². The van der Waals surface area contributed by atoms with Crippen molar-refractivity contribution in [3.05, 3.63) is 0 Å². The lowest BCUT2D eigenvalue weighted by Crippen LogP contribution is -2.32. The summed E-state index contributed by atoms with van der Waals surface area (Å²) in [5.74, 6) is 0.355. The Balaban J connectivity index is 3.42. The lowest BCUT2D eigenvalue weighted by Gasteiger charge is -2.12. The maximum absolute atomic E-state index is 11.1. The molecule has 0 heterocycles. The molecule has 0 saturated carbocycles. The third-order valence-electron chi connectivity index (χ3n) is 2.18. The van der Waals surface area contributed by atoms with Gasteiger partial charge in [0.25, 0.3) is 0 Å². The zero-order chi connectivity index (χ0) is 10.8. The van der Waals surface area contributed by atoms with Gasteiger partial charge >= 0.3 is 6.09 Å². The van der Waals surface area contributed by atoms with Crippen molar-refractivity contribution in [1.82, 2.24) is 5.32 Å². The van der Waals surface area contributed by atoms with E-state index >= 15 is 0 Å². The Morgan fingerprint density at radius 3 is 2.71 bits per heavy atom. The van der Waals surface area contributed by atoms with Gasteiger partial charge in [-0.15, -0.1) is 0 Å². The van der Waals surface area contributed by atoms with Crippen LogP contribution in [0.1, 0.15) is 33.1 Å². The Morgan fingerprint density at radius 1 is 1.50 bits per heavy atom. The highest BCUT2D eigenvalue weighted by Crippen LogP contribution is 1.97. The molecule has 0 saturated heterocycles. The number of rotatable bonds is 7. The van der Waals surface area contributed by atoms with Crippen molar-refractivity contribution in [1.29, 1.82) is 0 Å². The monoisotopic (exact) mass is 202 g/mol. The van der Waals surface area contributed by atoms with Gasteiger partial charge in [-0.25, -0.2) is 4.79 Å². The maximum atomic E-state index is 11.1. The van der Waals surface area contributed by atoms with Crippen LogP contribution in [0.4, 0.5) is 4.79 Å². The van der Waals surface area contributed by atoms with Crippen LogP contribution in [0.5, 0.6) is 0 Å². The predicted octanol–water partition coefficient (Wildman–Crippen LogP) is 1.50. The van der Waals surface area contributed by atoms with Gasteiger partial charge in [0.05, 0.1) is 6.61 Å². The molecule has 14 heavy (non-hydrogen) atoms. The number of carbonyl (C=O) groups is 1. The molecule has 0 rings (SSSR count). The third kappa shape index (κ3) is 6.71. The molecule has 1 atom stereocenters. The number of unbranched alkanes of at least 4 members (excludes halogenated alkanes) is 1. The summed E-state index contributed by atoms with van der Waals surface area (Å²) in [5.41, 5.74) is 5.50. The van der Waals surface area contributed by atoms with E-state index < -0.39 is 0 Å². The smallest absolute Gasteiger partial charge is 0.407 e. The number of hydrogen-bond acceptors (Lipinski definition) is 3. The Bertz CT molecular complexity index is 147. The number of nitrogens with one attached hydrogen (secondary N) is 1. The average Bonchev–Trinajstić information content (AvgIpc) is 2.20. The van der Waals surface area contributed by atoms with Crippen LogP contribution in [0, 0.1) is 5.92 Å². The average molecular weight is 202 g/mol. The summed E-state index contributed by atoms with van der Waals surface area (Å²) in [5, 5.41) is 2.70. The summed E-state index contributed by atoms with van der Waals surface area (Å²) in [4.78, 5) is 11.1. The molecule has 0 aliphatic rings. The summed E-state index contributed by atoms with van der Waals surface area (Å²) in [7, 11) is 0. The molecule has 4 heteroatoms. The Kier molecular flexibility index (Phi) is 8.33. The molecule has 3 N–H and O–H groups in total. The molecule has 84 valence electrons. The predicted molar refractivity (Wildman–Crippen MR) is 57.1 cm³/mol. The molecule has 0 fully saturated rings. The van der Waals surface area contributed by atoms with Gasteiger partial charge in [-0.2, -0.15) is 0 Å². The van der Waals surface area contributed by atoms with Crippen LogP contribution in [0.25, 0.3) is 0 Å². The molecule has 0 aliphatic heterocycles. The van der Waals surface area contributed by atoms with Gasteiger partial charge in [-0.1, -0.05) is 26.7 Å². The fourth-order valence-corrected chi connectivity index (χ4v) is 0.982. The van der Waals surface area contributed by atoms with Gasteiger partial charge in [0.1, 0.15) is 0 Å².